The highest BCUT2D eigenvalue weighted by molar-refractivity contribution is 5.71. The van der Waals surface area contributed by atoms with E-state index in [4.69, 9.17) is 0 Å². The Balaban J connectivity index is 2.55. The molecule has 0 aromatic heterocycles. The van der Waals surface area contributed by atoms with Crippen LogP contribution in [0.25, 0.3) is 0 Å². The third-order valence-electron chi connectivity index (χ3n) is 2.22. The number of nitrogens with zero attached hydrogens (tertiary/aromatic N) is 1. The Bertz CT molecular complexity index is 147. The summed E-state index contributed by atoms with van der Waals surface area (Å²) >= 11 is 0. The molecule has 2 unspecified atom stereocenters. The number of aliphatic imine (C=N–C) groups is 1. The number of rotatable bonds is 0. The van der Waals surface area contributed by atoms with Crippen LogP contribution in [0.5, 0.6) is 0 Å². The summed E-state index contributed by atoms with van der Waals surface area (Å²) in [7, 11) is 0. The fraction of sp³-hybridized carbons (Fsp3) is 0.667. The normalized spacial score (nSPS) is 36.6. The van der Waals surface area contributed by atoms with E-state index in [1.807, 2.05) is 6.21 Å². The van der Waals surface area contributed by atoms with Gasteiger partial charge in [0.05, 0.1) is 0 Å². The molecular weight excluding hydrogens is 122 g/mol. The lowest BCUT2D eigenvalue weighted by atomic mass is 9.92. The molecule has 1 heteroatoms. The topological polar surface area (TPSA) is 12.4 Å². The molecule has 10 heavy (non-hydrogen) atoms. The van der Waals surface area contributed by atoms with Gasteiger partial charge in [0.15, 0.2) is 0 Å². The van der Waals surface area contributed by atoms with Gasteiger partial charge in [0.1, 0.15) is 0 Å². The predicted octanol–water partition coefficient (Wildman–Crippen LogP) is 2.29. The van der Waals surface area contributed by atoms with Gasteiger partial charge in [0.2, 0.25) is 0 Å². The smallest absolute Gasteiger partial charge is 0.0392 e. The highest BCUT2D eigenvalue weighted by atomic mass is 14.7. The molecule has 0 saturated carbocycles. The first-order valence-electron chi connectivity index (χ1n) is 3.97. The van der Waals surface area contributed by atoms with Crippen molar-refractivity contribution in [2.24, 2.45) is 16.8 Å². The fourth-order valence-electron chi connectivity index (χ4n) is 1.09. The van der Waals surface area contributed by atoms with Gasteiger partial charge in [0.25, 0.3) is 0 Å². The van der Waals surface area contributed by atoms with Gasteiger partial charge in [-0.05, 0) is 24.3 Å². The van der Waals surface area contributed by atoms with Crippen molar-refractivity contribution < 1.29 is 0 Å². The highest BCUT2D eigenvalue weighted by Gasteiger charge is 2.08. The van der Waals surface area contributed by atoms with Crippen LogP contribution in [-0.4, -0.2) is 12.8 Å². The first kappa shape index (κ1) is 7.52. The van der Waals surface area contributed by atoms with Crippen molar-refractivity contribution in [1.82, 2.24) is 0 Å². The van der Waals surface area contributed by atoms with E-state index in [9.17, 15) is 0 Å². The van der Waals surface area contributed by atoms with Gasteiger partial charge < -0.3 is 0 Å². The van der Waals surface area contributed by atoms with Crippen LogP contribution in [-0.2, 0) is 0 Å². The molecule has 0 fully saturated rings. The van der Waals surface area contributed by atoms with E-state index in [0.717, 1.165) is 12.5 Å². The Morgan fingerprint density at radius 3 is 3.00 bits per heavy atom. The second-order valence-electron chi connectivity index (χ2n) is 3.07. The zero-order valence-electron chi connectivity index (χ0n) is 6.75. The fourth-order valence-corrected chi connectivity index (χ4v) is 1.09. The average molecular weight is 137 g/mol. The van der Waals surface area contributed by atoms with Crippen molar-refractivity contribution in [3.8, 4) is 0 Å². The van der Waals surface area contributed by atoms with Crippen LogP contribution in [0, 0.1) is 11.8 Å². The molecule has 0 spiro atoms. The van der Waals surface area contributed by atoms with Crippen molar-refractivity contribution in [2.75, 3.05) is 6.54 Å². The molecule has 0 bridgehead atoms. The van der Waals surface area contributed by atoms with Crippen molar-refractivity contribution in [2.45, 2.75) is 20.3 Å². The molecule has 56 valence electrons. The van der Waals surface area contributed by atoms with Gasteiger partial charge in [-0.2, -0.15) is 0 Å². The summed E-state index contributed by atoms with van der Waals surface area (Å²) in [6.07, 6.45) is 7.41. The summed E-state index contributed by atoms with van der Waals surface area (Å²) in [5, 5.41) is 0. The van der Waals surface area contributed by atoms with Crippen LogP contribution < -0.4 is 0 Å². The Kier molecular flexibility index (Phi) is 2.67. The van der Waals surface area contributed by atoms with Crippen LogP contribution >= 0.6 is 0 Å². The maximum atomic E-state index is 4.20. The highest BCUT2D eigenvalue weighted by Crippen LogP contribution is 2.16. The Morgan fingerprint density at radius 1 is 1.40 bits per heavy atom. The lowest BCUT2D eigenvalue weighted by Gasteiger charge is -2.15. The summed E-state index contributed by atoms with van der Waals surface area (Å²) in [4.78, 5) is 4.20. The van der Waals surface area contributed by atoms with Gasteiger partial charge in [0, 0.05) is 12.8 Å². The molecule has 0 aliphatic carbocycles. The van der Waals surface area contributed by atoms with E-state index in [2.05, 4.69) is 31.0 Å². The predicted molar refractivity (Wildman–Crippen MR) is 45.4 cm³/mol. The maximum absolute atomic E-state index is 4.20. The summed E-state index contributed by atoms with van der Waals surface area (Å²) in [5.41, 5.74) is 0. The number of allylic oxidation sites excluding steroid dienone is 2. The molecule has 0 N–H and O–H groups in total. The maximum Gasteiger partial charge on any atom is 0.0392 e. The van der Waals surface area contributed by atoms with Crippen molar-refractivity contribution in [1.29, 1.82) is 0 Å². The van der Waals surface area contributed by atoms with E-state index in [0.29, 0.717) is 5.92 Å². The van der Waals surface area contributed by atoms with E-state index in [1.54, 1.807) is 0 Å². The van der Waals surface area contributed by atoms with Crippen molar-refractivity contribution >= 4 is 6.21 Å². The minimum absolute atomic E-state index is 0.715. The molecule has 1 heterocycles. The van der Waals surface area contributed by atoms with Crippen molar-refractivity contribution in [3.05, 3.63) is 12.2 Å². The molecule has 1 aliphatic heterocycles. The van der Waals surface area contributed by atoms with E-state index < -0.39 is 0 Å². The number of hydrogen-bond acceptors (Lipinski definition) is 1. The molecule has 0 amide bonds. The van der Waals surface area contributed by atoms with Crippen LogP contribution in [0.2, 0.25) is 0 Å². The summed E-state index contributed by atoms with van der Waals surface area (Å²) in [5.74, 6) is 1.50. The Labute approximate surface area is 62.9 Å². The van der Waals surface area contributed by atoms with Crippen molar-refractivity contribution in [3.63, 3.8) is 0 Å². The van der Waals surface area contributed by atoms with Gasteiger partial charge in [-0.25, -0.2) is 0 Å². The SMILES string of the molecule is CC1/C=C\C=NCCC1C. The first-order valence-corrected chi connectivity index (χ1v) is 3.97. The molecule has 1 nitrogen and oxygen atoms in total. The average Bonchev–Trinajstić information content (AvgIpc) is 1.92. The third-order valence-corrected chi connectivity index (χ3v) is 2.22. The Morgan fingerprint density at radius 2 is 2.20 bits per heavy atom. The van der Waals surface area contributed by atoms with E-state index >= 15 is 0 Å². The molecule has 2 atom stereocenters. The summed E-state index contributed by atoms with van der Waals surface area (Å²) < 4.78 is 0. The first-order chi connectivity index (χ1) is 4.80. The van der Waals surface area contributed by atoms with Gasteiger partial charge in [-0.1, -0.05) is 19.9 Å². The second-order valence-corrected chi connectivity index (χ2v) is 3.07. The molecular formula is C9H15N. The lowest BCUT2D eigenvalue weighted by Crippen LogP contribution is -2.08. The van der Waals surface area contributed by atoms with Gasteiger partial charge in [-0.15, -0.1) is 0 Å². The van der Waals surface area contributed by atoms with E-state index in [-0.39, 0.29) is 0 Å². The molecule has 0 radical (unpaired) electrons. The molecule has 1 aliphatic rings. The molecule has 0 saturated heterocycles. The van der Waals surface area contributed by atoms with Crippen LogP contribution in [0.1, 0.15) is 20.3 Å². The Hall–Kier alpha value is -0.590. The molecule has 1 rings (SSSR count). The zero-order valence-corrected chi connectivity index (χ0v) is 6.75. The molecule has 0 aromatic rings. The van der Waals surface area contributed by atoms with E-state index in [1.165, 1.54) is 6.42 Å². The van der Waals surface area contributed by atoms with Crippen LogP contribution in [0.3, 0.4) is 0 Å². The quantitative estimate of drug-likeness (QED) is 0.485. The standard InChI is InChI=1S/C9H15N/c1-8-4-3-6-10-7-5-9(8)2/h3-4,6,8-9H,5,7H2,1-2H3/b4-3-,10-6?. The molecule has 0 aromatic carbocycles. The monoisotopic (exact) mass is 137 g/mol. The largest absolute Gasteiger partial charge is 0.293 e. The number of hydrogen-bond donors (Lipinski definition) is 0. The minimum atomic E-state index is 0.715. The third kappa shape index (κ3) is 1.98. The lowest BCUT2D eigenvalue weighted by molar-refractivity contribution is 0.433. The summed E-state index contributed by atoms with van der Waals surface area (Å²) in [6, 6.07) is 0. The summed E-state index contributed by atoms with van der Waals surface area (Å²) in [6.45, 7) is 5.55. The van der Waals surface area contributed by atoms with Gasteiger partial charge >= 0.3 is 0 Å². The minimum Gasteiger partial charge on any atom is -0.293 e. The van der Waals surface area contributed by atoms with Crippen LogP contribution in [0.15, 0.2) is 17.1 Å². The zero-order chi connectivity index (χ0) is 7.40. The second kappa shape index (κ2) is 3.55. The van der Waals surface area contributed by atoms with Gasteiger partial charge in [-0.3, -0.25) is 4.99 Å². The van der Waals surface area contributed by atoms with Crippen LogP contribution in [0.4, 0.5) is 0 Å².